The number of hydrogen-bond donors (Lipinski definition) is 0. The van der Waals surface area contributed by atoms with Crippen molar-refractivity contribution >= 4 is 17.8 Å². The fourth-order valence-corrected chi connectivity index (χ4v) is 3.19. The SMILES string of the molecule is COc1ccc(C(=O)Oc2ccc3c(c2)OC(=CC=Cc2ccccc2)C3=O)cc1OC. The molecule has 0 aromatic heterocycles. The summed E-state index contributed by atoms with van der Waals surface area (Å²) < 4.78 is 21.5. The first kappa shape index (κ1) is 20.9. The Kier molecular flexibility index (Phi) is 6.03. The maximum absolute atomic E-state index is 12.6. The molecule has 0 radical (unpaired) electrons. The van der Waals surface area contributed by atoms with E-state index in [4.69, 9.17) is 18.9 Å². The second-order valence-corrected chi connectivity index (χ2v) is 6.85. The first-order valence-electron chi connectivity index (χ1n) is 9.83. The van der Waals surface area contributed by atoms with Crippen molar-refractivity contribution in [3.05, 3.63) is 101 Å². The van der Waals surface area contributed by atoms with Crippen molar-refractivity contribution in [2.75, 3.05) is 14.2 Å². The molecule has 32 heavy (non-hydrogen) atoms. The molecular weight excluding hydrogens is 408 g/mol. The van der Waals surface area contributed by atoms with E-state index in [-0.39, 0.29) is 17.3 Å². The Morgan fingerprint density at radius 1 is 0.906 bits per heavy atom. The monoisotopic (exact) mass is 428 g/mol. The normalized spacial score (nSPS) is 13.7. The van der Waals surface area contributed by atoms with Gasteiger partial charge in [-0.25, -0.2) is 4.79 Å². The highest BCUT2D eigenvalue weighted by Gasteiger charge is 2.27. The van der Waals surface area contributed by atoms with Gasteiger partial charge >= 0.3 is 5.97 Å². The zero-order chi connectivity index (χ0) is 22.5. The van der Waals surface area contributed by atoms with Gasteiger partial charge < -0.3 is 18.9 Å². The van der Waals surface area contributed by atoms with E-state index in [9.17, 15) is 9.59 Å². The van der Waals surface area contributed by atoms with Gasteiger partial charge in [0.25, 0.3) is 0 Å². The lowest BCUT2D eigenvalue weighted by Crippen LogP contribution is -2.09. The Morgan fingerprint density at radius 3 is 2.44 bits per heavy atom. The van der Waals surface area contributed by atoms with Crippen LogP contribution in [0.3, 0.4) is 0 Å². The smallest absolute Gasteiger partial charge is 0.343 e. The zero-order valence-corrected chi connectivity index (χ0v) is 17.5. The van der Waals surface area contributed by atoms with Gasteiger partial charge in [0, 0.05) is 6.07 Å². The van der Waals surface area contributed by atoms with Crippen LogP contribution < -0.4 is 18.9 Å². The van der Waals surface area contributed by atoms with E-state index in [0.29, 0.717) is 28.4 Å². The summed E-state index contributed by atoms with van der Waals surface area (Å²) in [5, 5.41) is 0. The van der Waals surface area contributed by atoms with E-state index in [1.165, 1.54) is 26.4 Å². The predicted octanol–water partition coefficient (Wildman–Crippen LogP) is 5.10. The molecule has 1 aliphatic heterocycles. The lowest BCUT2D eigenvalue weighted by atomic mass is 10.1. The van der Waals surface area contributed by atoms with Crippen LogP contribution >= 0.6 is 0 Å². The molecule has 0 bridgehead atoms. The molecule has 0 atom stereocenters. The molecule has 0 saturated heterocycles. The molecule has 3 aromatic rings. The van der Waals surface area contributed by atoms with Crippen LogP contribution in [0.2, 0.25) is 0 Å². The van der Waals surface area contributed by atoms with Crippen molar-refractivity contribution in [2.45, 2.75) is 0 Å². The van der Waals surface area contributed by atoms with Crippen molar-refractivity contribution in [1.29, 1.82) is 0 Å². The second kappa shape index (κ2) is 9.22. The number of carbonyl (C=O) groups excluding carboxylic acids is 2. The summed E-state index contributed by atoms with van der Waals surface area (Å²) in [6.07, 6.45) is 5.25. The number of Topliss-reactive ketones (excluding diaryl/α,β-unsaturated/α-hetero) is 1. The quantitative estimate of drug-likeness (QED) is 0.309. The Balaban J connectivity index is 1.48. The first-order valence-corrected chi connectivity index (χ1v) is 9.83. The number of rotatable bonds is 6. The minimum Gasteiger partial charge on any atom is -0.493 e. The Hall–Kier alpha value is -4.32. The summed E-state index contributed by atoms with van der Waals surface area (Å²) in [6.45, 7) is 0. The average Bonchev–Trinajstić information content (AvgIpc) is 3.13. The van der Waals surface area contributed by atoms with E-state index in [1.54, 1.807) is 36.4 Å². The lowest BCUT2D eigenvalue weighted by molar-refractivity contribution is 0.0734. The highest BCUT2D eigenvalue weighted by Crippen LogP contribution is 2.35. The maximum atomic E-state index is 12.6. The summed E-state index contributed by atoms with van der Waals surface area (Å²) in [5.74, 6) is 0.935. The summed E-state index contributed by atoms with van der Waals surface area (Å²) >= 11 is 0. The third-order valence-electron chi connectivity index (χ3n) is 4.81. The third kappa shape index (κ3) is 4.39. The molecule has 3 aromatic carbocycles. The lowest BCUT2D eigenvalue weighted by Gasteiger charge is -2.09. The van der Waals surface area contributed by atoms with E-state index >= 15 is 0 Å². The van der Waals surface area contributed by atoms with Crippen molar-refractivity contribution in [3.8, 4) is 23.0 Å². The van der Waals surface area contributed by atoms with E-state index < -0.39 is 5.97 Å². The van der Waals surface area contributed by atoms with Crippen LogP contribution in [0.5, 0.6) is 23.0 Å². The molecular formula is C26H20O6. The number of benzene rings is 3. The fraction of sp³-hybridized carbons (Fsp3) is 0.0769. The number of hydrogen-bond acceptors (Lipinski definition) is 6. The van der Waals surface area contributed by atoms with Gasteiger partial charge in [-0.1, -0.05) is 42.5 Å². The van der Waals surface area contributed by atoms with Gasteiger partial charge in [0.15, 0.2) is 17.3 Å². The molecule has 0 N–H and O–H groups in total. The van der Waals surface area contributed by atoms with Gasteiger partial charge in [-0.15, -0.1) is 0 Å². The molecule has 0 unspecified atom stereocenters. The highest BCUT2D eigenvalue weighted by atomic mass is 16.5. The predicted molar refractivity (Wildman–Crippen MR) is 119 cm³/mol. The fourth-order valence-electron chi connectivity index (χ4n) is 3.19. The van der Waals surface area contributed by atoms with Gasteiger partial charge in [-0.05, 0) is 42.0 Å². The molecule has 1 heterocycles. The second-order valence-electron chi connectivity index (χ2n) is 6.85. The number of ether oxygens (including phenoxy) is 4. The van der Waals surface area contributed by atoms with Crippen LogP contribution in [0.4, 0.5) is 0 Å². The van der Waals surface area contributed by atoms with Crippen LogP contribution in [-0.2, 0) is 0 Å². The summed E-state index contributed by atoms with van der Waals surface area (Å²) in [7, 11) is 3.00. The molecule has 1 aliphatic rings. The standard InChI is InChI=1S/C26H20O6/c1-29-21-14-11-18(15-24(21)30-2)26(28)31-19-12-13-20-23(16-19)32-22(25(20)27)10-6-9-17-7-4-3-5-8-17/h3-16H,1-2H3. The van der Waals surface area contributed by atoms with Crippen molar-refractivity contribution in [3.63, 3.8) is 0 Å². The number of fused-ring (bicyclic) bond motifs is 1. The van der Waals surface area contributed by atoms with Crippen LogP contribution in [0.15, 0.2) is 84.6 Å². The number of methoxy groups -OCH3 is 2. The van der Waals surface area contributed by atoms with E-state index in [0.717, 1.165) is 5.56 Å². The Labute approximate surface area is 185 Å². The number of allylic oxidation sites excluding steroid dienone is 3. The minimum atomic E-state index is -0.572. The van der Waals surface area contributed by atoms with E-state index in [2.05, 4.69) is 0 Å². The first-order chi connectivity index (χ1) is 15.6. The van der Waals surface area contributed by atoms with Crippen molar-refractivity contribution in [1.82, 2.24) is 0 Å². The van der Waals surface area contributed by atoms with Crippen LogP contribution in [0, 0.1) is 0 Å². The summed E-state index contributed by atoms with van der Waals surface area (Å²) in [5.41, 5.74) is 1.72. The van der Waals surface area contributed by atoms with E-state index in [1.807, 2.05) is 36.4 Å². The van der Waals surface area contributed by atoms with Crippen LogP contribution in [0.1, 0.15) is 26.3 Å². The molecule has 0 amide bonds. The maximum Gasteiger partial charge on any atom is 0.343 e. The minimum absolute atomic E-state index is 0.204. The summed E-state index contributed by atoms with van der Waals surface area (Å²) in [4.78, 5) is 25.1. The van der Waals surface area contributed by atoms with Gasteiger partial charge in [0.05, 0.1) is 25.3 Å². The van der Waals surface area contributed by atoms with Gasteiger partial charge in [0.2, 0.25) is 5.78 Å². The molecule has 0 aliphatic carbocycles. The molecule has 6 heteroatoms. The Morgan fingerprint density at radius 2 is 1.69 bits per heavy atom. The largest absolute Gasteiger partial charge is 0.493 e. The molecule has 160 valence electrons. The van der Waals surface area contributed by atoms with Crippen LogP contribution in [-0.4, -0.2) is 26.0 Å². The average molecular weight is 428 g/mol. The van der Waals surface area contributed by atoms with Gasteiger partial charge in [-0.2, -0.15) is 0 Å². The summed E-state index contributed by atoms with van der Waals surface area (Å²) in [6, 6.07) is 19.1. The number of carbonyl (C=O) groups is 2. The van der Waals surface area contributed by atoms with Gasteiger partial charge in [0.1, 0.15) is 11.5 Å². The molecule has 0 fully saturated rings. The number of esters is 1. The molecule has 0 saturated carbocycles. The van der Waals surface area contributed by atoms with Crippen molar-refractivity contribution < 1.29 is 28.5 Å². The topological polar surface area (TPSA) is 71.1 Å². The van der Waals surface area contributed by atoms with Crippen molar-refractivity contribution in [2.24, 2.45) is 0 Å². The molecule has 0 spiro atoms. The molecule has 6 nitrogen and oxygen atoms in total. The van der Waals surface area contributed by atoms with Gasteiger partial charge in [-0.3, -0.25) is 4.79 Å². The third-order valence-corrected chi connectivity index (χ3v) is 4.81. The highest BCUT2D eigenvalue weighted by molar-refractivity contribution is 6.12. The Bertz CT molecular complexity index is 1220. The number of ketones is 1. The van der Waals surface area contributed by atoms with Crippen LogP contribution in [0.25, 0.3) is 6.08 Å². The zero-order valence-electron chi connectivity index (χ0n) is 17.5. The molecule has 4 rings (SSSR count).